The molecule has 2 heterocycles. The summed E-state index contributed by atoms with van der Waals surface area (Å²) in [5.74, 6) is 0. The highest BCUT2D eigenvalue weighted by molar-refractivity contribution is 5.10. The fraction of sp³-hybridized carbons (Fsp3) is 0.769. The molecule has 0 bridgehead atoms. The Morgan fingerprint density at radius 1 is 1.39 bits per heavy atom. The van der Waals surface area contributed by atoms with E-state index in [0.717, 1.165) is 31.9 Å². The molecule has 18 heavy (non-hydrogen) atoms. The van der Waals surface area contributed by atoms with Crippen molar-refractivity contribution in [3.05, 3.63) is 18.0 Å². The highest BCUT2D eigenvalue weighted by Crippen LogP contribution is 2.21. The van der Waals surface area contributed by atoms with Crippen molar-refractivity contribution in [3.8, 4) is 0 Å². The average Bonchev–Trinajstić information content (AvgIpc) is 2.76. The summed E-state index contributed by atoms with van der Waals surface area (Å²) in [6.45, 7) is 6.48. The van der Waals surface area contributed by atoms with Crippen molar-refractivity contribution in [3.63, 3.8) is 0 Å². The lowest BCUT2D eigenvalue weighted by molar-refractivity contribution is 0.0868. The Balaban J connectivity index is 2.18. The molecule has 1 fully saturated rings. The topological polar surface area (TPSA) is 36.3 Å². The lowest BCUT2D eigenvalue weighted by Crippen LogP contribution is -2.55. The first-order valence-electron chi connectivity index (χ1n) is 6.73. The summed E-state index contributed by atoms with van der Waals surface area (Å²) < 4.78 is 1.88. The molecule has 0 spiro atoms. The largest absolute Gasteiger partial charge is 0.308 e. The maximum Gasteiger partial charge on any atom is 0.0810 e. The van der Waals surface area contributed by atoms with Crippen LogP contribution in [-0.4, -0.2) is 65.9 Å². The van der Waals surface area contributed by atoms with Crippen LogP contribution in [0.5, 0.6) is 0 Å². The van der Waals surface area contributed by atoms with Crippen LogP contribution in [-0.2, 0) is 7.05 Å². The normalized spacial score (nSPS) is 24.3. The van der Waals surface area contributed by atoms with Crippen LogP contribution in [0.3, 0.4) is 0 Å². The van der Waals surface area contributed by atoms with Gasteiger partial charge >= 0.3 is 0 Å². The van der Waals surface area contributed by atoms with Gasteiger partial charge in [0.05, 0.1) is 11.7 Å². The predicted octanol–water partition coefficient (Wildman–Crippen LogP) is 0.317. The van der Waals surface area contributed by atoms with E-state index in [2.05, 4.69) is 47.3 Å². The second kappa shape index (κ2) is 5.82. The number of likely N-dealkylation sites (N-methyl/N-ethyl adjacent to an activating group) is 3. The molecular weight excluding hydrogens is 226 g/mol. The Morgan fingerprint density at radius 2 is 2.17 bits per heavy atom. The van der Waals surface area contributed by atoms with Gasteiger partial charge in [-0.05, 0) is 26.7 Å². The van der Waals surface area contributed by atoms with E-state index in [-0.39, 0.29) is 0 Å². The first-order valence-corrected chi connectivity index (χ1v) is 6.73. The molecule has 2 unspecified atom stereocenters. The third-order valence-corrected chi connectivity index (χ3v) is 3.76. The van der Waals surface area contributed by atoms with E-state index in [1.54, 1.807) is 0 Å². The smallest absolute Gasteiger partial charge is 0.0810 e. The summed E-state index contributed by atoms with van der Waals surface area (Å²) >= 11 is 0. The fourth-order valence-electron chi connectivity index (χ4n) is 2.66. The van der Waals surface area contributed by atoms with Crippen LogP contribution in [0.1, 0.15) is 18.7 Å². The maximum atomic E-state index is 4.57. The van der Waals surface area contributed by atoms with Crippen molar-refractivity contribution >= 4 is 0 Å². The van der Waals surface area contributed by atoms with Crippen LogP contribution in [0.4, 0.5) is 0 Å². The minimum Gasteiger partial charge on any atom is -0.308 e. The summed E-state index contributed by atoms with van der Waals surface area (Å²) in [6, 6.07) is 2.91. The molecule has 0 aromatic carbocycles. The number of nitrogens with one attached hydrogen (secondary N) is 1. The van der Waals surface area contributed by atoms with Gasteiger partial charge in [-0.25, -0.2) is 0 Å². The summed E-state index contributed by atoms with van der Waals surface area (Å²) in [7, 11) is 6.38. The molecule has 2 rings (SSSR count). The summed E-state index contributed by atoms with van der Waals surface area (Å²) in [5, 5.41) is 8.16. The molecule has 1 N–H and O–H groups in total. The van der Waals surface area contributed by atoms with E-state index in [9.17, 15) is 0 Å². The van der Waals surface area contributed by atoms with Crippen molar-refractivity contribution in [2.75, 3.05) is 40.3 Å². The van der Waals surface area contributed by atoms with Gasteiger partial charge in [-0.1, -0.05) is 6.92 Å². The molecule has 0 radical (unpaired) electrons. The van der Waals surface area contributed by atoms with Gasteiger partial charge in [0.1, 0.15) is 0 Å². The van der Waals surface area contributed by atoms with Gasteiger partial charge in [-0.2, -0.15) is 5.10 Å². The molecule has 0 saturated carbocycles. The van der Waals surface area contributed by atoms with E-state index in [1.807, 2.05) is 17.9 Å². The number of piperazine rings is 1. The van der Waals surface area contributed by atoms with Crippen LogP contribution in [0.25, 0.3) is 0 Å². The van der Waals surface area contributed by atoms with Gasteiger partial charge < -0.3 is 10.2 Å². The van der Waals surface area contributed by atoms with Crippen LogP contribution >= 0.6 is 0 Å². The minimum absolute atomic E-state index is 0.309. The van der Waals surface area contributed by atoms with Crippen LogP contribution < -0.4 is 5.32 Å². The zero-order valence-corrected chi connectivity index (χ0v) is 11.9. The molecule has 5 heteroatoms. The SMILES string of the molecule is CCNC(c1ccn(C)n1)C1CN(C)CCN1C. The Morgan fingerprint density at radius 3 is 2.78 bits per heavy atom. The van der Waals surface area contributed by atoms with E-state index in [0.29, 0.717) is 12.1 Å². The number of aryl methyl sites for hydroxylation is 1. The molecule has 0 amide bonds. The highest BCUT2D eigenvalue weighted by atomic mass is 15.3. The van der Waals surface area contributed by atoms with Gasteiger partial charge in [0.2, 0.25) is 0 Å². The molecule has 1 aromatic rings. The first-order chi connectivity index (χ1) is 8.61. The molecular formula is C13H25N5. The lowest BCUT2D eigenvalue weighted by atomic mass is 10.0. The van der Waals surface area contributed by atoms with E-state index < -0.39 is 0 Å². The summed E-state index contributed by atoms with van der Waals surface area (Å²) in [6.07, 6.45) is 2.02. The maximum absolute atomic E-state index is 4.57. The van der Waals surface area contributed by atoms with Crippen molar-refractivity contribution in [1.82, 2.24) is 24.9 Å². The van der Waals surface area contributed by atoms with Gasteiger partial charge in [0, 0.05) is 38.9 Å². The Kier molecular flexibility index (Phi) is 4.37. The van der Waals surface area contributed by atoms with Gasteiger partial charge in [0.25, 0.3) is 0 Å². The number of rotatable bonds is 4. The van der Waals surface area contributed by atoms with E-state index in [4.69, 9.17) is 0 Å². The van der Waals surface area contributed by atoms with Gasteiger partial charge in [0.15, 0.2) is 0 Å². The molecule has 0 aliphatic carbocycles. The second-order valence-corrected chi connectivity index (χ2v) is 5.26. The van der Waals surface area contributed by atoms with Crippen LogP contribution in [0.15, 0.2) is 12.3 Å². The molecule has 1 aromatic heterocycles. The number of nitrogens with zero attached hydrogens (tertiary/aromatic N) is 4. The van der Waals surface area contributed by atoms with E-state index >= 15 is 0 Å². The van der Waals surface area contributed by atoms with Crippen molar-refractivity contribution < 1.29 is 0 Å². The van der Waals surface area contributed by atoms with Crippen molar-refractivity contribution in [2.45, 2.75) is 19.0 Å². The minimum atomic E-state index is 0.309. The van der Waals surface area contributed by atoms with Crippen LogP contribution in [0, 0.1) is 0 Å². The number of aromatic nitrogens is 2. The fourth-order valence-corrected chi connectivity index (χ4v) is 2.66. The zero-order valence-electron chi connectivity index (χ0n) is 11.9. The third kappa shape index (κ3) is 2.91. The lowest BCUT2D eigenvalue weighted by Gasteiger charge is -2.41. The standard InChI is InChI=1S/C13H25N5/c1-5-14-13(11-6-7-18(4)15-11)12-10-16(2)8-9-17(12)3/h6-7,12-14H,5,8-10H2,1-4H3. The summed E-state index contributed by atoms with van der Waals surface area (Å²) in [5.41, 5.74) is 1.14. The highest BCUT2D eigenvalue weighted by Gasteiger charge is 2.31. The molecule has 1 saturated heterocycles. The third-order valence-electron chi connectivity index (χ3n) is 3.76. The molecule has 5 nitrogen and oxygen atoms in total. The van der Waals surface area contributed by atoms with Gasteiger partial charge in [-0.15, -0.1) is 0 Å². The number of hydrogen-bond donors (Lipinski definition) is 1. The molecule has 1 aliphatic rings. The van der Waals surface area contributed by atoms with E-state index in [1.165, 1.54) is 0 Å². The Labute approximate surface area is 110 Å². The zero-order chi connectivity index (χ0) is 13.1. The van der Waals surface area contributed by atoms with Gasteiger partial charge in [-0.3, -0.25) is 9.58 Å². The molecule has 2 atom stereocenters. The second-order valence-electron chi connectivity index (χ2n) is 5.26. The number of hydrogen-bond acceptors (Lipinski definition) is 4. The Bertz CT molecular complexity index is 375. The predicted molar refractivity (Wildman–Crippen MR) is 73.5 cm³/mol. The molecule has 1 aliphatic heterocycles. The average molecular weight is 251 g/mol. The van der Waals surface area contributed by atoms with Crippen molar-refractivity contribution in [1.29, 1.82) is 0 Å². The first kappa shape index (κ1) is 13.5. The van der Waals surface area contributed by atoms with Crippen molar-refractivity contribution in [2.24, 2.45) is 7.05 Å². The summed E-state index contributed by atoms with van der Waals surface area (Å²) in [4.78, 5) is 4.85. The Hall–Kier alpha value is -0.910. The quantitative estimate of drug-likeness (QED) is 0.836. The molecule has 102 valence electrons. The van der Waals surface area contributed by atoms with Crippen LogP contribution in [0.2, 0.25) is 0 Å². The monoisotopic (exact) mass is 251 g/mol.